The van der Waals surface area contributed by atoms with Crippen LogP contribution in [-0.2, 0) is 0 Å². The number of nitrogens with zero attached hydrogens (tertiary/aromatic N) is 1. The molecule has 0 spiro atoms. The van der Waals surface area contributed by atoms with Crippen LogP contribution in [0.2, 0.25) is 10.0 Å². The quantitative estimate of drug-likeness (QED) is 0.887. The minimum absolute atomic E-state index is 0.327. The van der Waals surface area contributed by atoms with Gasteiger partial charge in [0, 0.05) is 41.8 Å². The molecule has 0 radical (unpaired) electrons. The Balaban J connectivity index is 2.10. The Morgan fingerprint density at radius 2 is 2.10 bits per heavy atom. The summed E-state index contributed by atoms with van der Waals surface area (Å²) >= 11 is 12.3. The standard InChI is InChI=1S/C16H24Cl2N2/c1-4-11(2)16-10-20(8-7-19-16)12(3)14-6-5-13(17)9-15(14)18/h5-6,9,11-12,16,19H,4,7-8,10H2,1-3H3. The van der Waals surface area contributed by atoms with Crippen molar-refractivity contribution >= 4 is 23.2 Å². The van der Waals surface area contributed by atoms with Gasteiger partial charge in [-0.2, -0.15) is 0 Å². The van der Waals surface area contributed by atoms with Crippen LogP contribution in [-0.4, -0.2) is 30.6 Å². The van der Waals surface area contributed by atoms with Gasteiger partial charge in [-0.05, 0) is 30.5 Å². The third-order valence-electron chi connectivity index (χ3n) is 4.53. The molecule has 1 aromatic carbocycles. The third kappa shape index (κ3) is 3.67. The topological polar surface area (TPSA) is 15.3 Å². The van der Waals surface area contributed by atoms with E-state index in [1.165, 1.54) is 12.0 Å². The summed E-state index contributed by atoms with van der Waals surface area (Å²) in [5, 5.41) is 5.10. The van der Waals surface area contributed by atoms with Crippen molar-refractivity contribution in [2.75, 3.05) is 19.6 Å². The molecule has 4 heteroatoms. The third-order valence-corrected chi connectivity index (χ3v) is 5.09. The van der Waals surface area contributed by atoms with Crippen LogP contribution in [0.15, 0.2) is 18.2 Å². The first-order chi connectivity index (χ1) is 9.52. The van der Waals surface area contributed by atoms with Crippen molar-refractivity contribution in [3.8, 4) is 0 Å². The van der Waals surface area contributed by atoms with Crippen LogP contribution < -0.4 is 5.32 Å². The molecule has 2 rings (SSSR count). The number of hydrogen-bond donors (Lipinski definition) is 1. The molecule has 0 amide bonds. The summed E-state index contributed by atoms with van der Waals surface area (Å²) in [6.45, 7) is 9.99. The number of benzene rings is 1. The molecule has 3 unspecified atom stereocenters. The molecule has 1 N–H and O–H groups in total. The molecule has 1 aliphatic rings. The second-order valence-electron chi connectivity index (χ2n) is 5.78. The summed E-state index contributed by atoms with van der Waals surface area (Å²) in [7, 11) is 0. The van der Waals surface area contributed by atoms with Crippen molar-refractivity contribution in [1.29, 1.82) is 0 Å². The minimum atomic E-state index is 0.327. The van der Waals surface area contributed by atoms with Crippen molar-refractivity contribution < 1.29 is 0 Å². The summed E-state index contributed by atoms with van der Waals surface area (Å²) in [6.07, 6.45) is 1.21. The van der Waals surface area contributed by atoms with Gasteiger partial charge in [-0.1, -0.05) is 49.5 Å². The molecule has 1 aliphatic heterocycles. The van der Waals surface area contributed by atoms with E-state index in [0.29, 0.717) is 23.0 Å². The second kappa shape index (κ2) is 7.13. The Hall–Kier alpha value is -0.280. The van der Waals surface area contributed by atoms with Crippen LogP contribution in [0.4, 0.5) is 0 Å². The zero-order chi connectivity index (χ0) is 14.7. The van der Waals surface area contributed by atoms with Crippen LogP contribution in [0.1, 0.15) is 38.8 Å². The smallest absolute Gasteiger partial charge is 0.0468 e. The number of hydrogen-bond acceptors (Lipinski definition) is 2. The predicted molar refractivity (Wildman–Crippen MR) is 87.7 cm³/mol. The van der Waals surface area contributed by atoms with Gasteiger partial charge < -0.3 is 5.32 Å². The Kier molecular flexibility index (Phi) is 5.74. The number of rotatable bonds is 4. The van der Waals surface area contributed by atoms with Gasteiger partial charge in [0.25, 0.3) is 0 Å². The number of piperazine rings is 1. The van der Waals surface area contributed by atoms with E-state index in [0.717, 1.165) is 24.7 Å². The van der Waals surface area contributed by atoms with E-state index in [-0.39, 0.29) is 0 Å². The molecule has 0 aliphatic carbocycles. The molecule has 3 atom stereocenters. The Labute approximate surface area is 132 Å². The summed E-state index contributed by atoms with van der Waals surface area (Å²) in [5.41, 5.74) is 1.17. The van der Waals surface area contributed by atoms with E-state index in [4.69, 9.17) is 23.2 Å². The van der Waals surface area contributed by atoms with Crippen LogP contribution >= 0.6 is 23.2 Å². The van der Waals surface area contributed by atoms with E-state index < -0.39 is 0 Å². The van der Waals surface area contributed by atoms with Gasteiger partial charge >= 0.3 is 0 Å². The maximum absolute atomic E-state index is 6.34. The first kappa shape index (κ1) is 16.1. The fourth-order valence-electron chi connectivity index (χ4n) is 2.86. The Morgan fingerprint density at radius 3 is 2.75 bits per heavy atom. The molecule has 1 saturated heterocycles. The van der Waals surface area contributed by atoms with Crippen molar-refractivity contribution in [2.45, 2.75) is 39.3 Å². The molecule has 1 aromatic rings. The lowest BCUT2D eigenvalue weighted by molar-refractivity contribution is 0.130. The first-order valence-electron chi connectivity index (χ1n) is 7.45. The van der Waals surface area contributed by atoms with Crippen molar-refractivity contribution in [1.82, 2.24) is 10.2 Å². The zero-order valence-corrected chi connectivity index (χ0v) is 14.0. The molecule has 1 heterocycles. The van der Waals surface area contributed by atoms with E-state index in [1.807, 2.05) is 12.1 Å². The highest BCUT2D eigenvalue weighted by atomic mass is 35.5. The normalized spacial score (nSPS) is 23.6. The van der Waals surface area contributed by atoms with Gasteiger partial charge in [0.15, 0.2) is 0 Å². The summed E-state index contributed by atoms with van der Waals surface area (Å²) < 4.78 is 0. The van der Waals surface area contributed by atoms with Crippen LogP contribution in [0.3, 0.4) is 0 Å². The van der Waals surface area contributed by atoms with Gasteiger partial charge in [0.1, 0.15) is 0 Å². The van der Waals surface area contributed by atoms with Gasteiger partial charge in [-0.25, -0.2) is 0 Å². The van der Waals surface area contributed by atoms with Crippen LogP contribution in [0, 0.1) is 5.92 Å². The maximum atomic E-state index is 6.34. The molecule has 0 aromatic heterocycles. The second-order valence-corrected chi connectivity index (χ2v) is 6.63. The number of nitrogens with one attached hydrogen (secondary N) is 1. The average molecular weight is 315 g/mol. The van der Waals surface area contributed by atoms with Crippen molar-refractivity contribution in [3.63, 3.8) is 0 Å². The fourth-order valence-corrected chi connectivity index (χ4v) is 3.42. The van der Waals surface area contributed by atoms with Crippen LogP contribution in [0.5, 0.6) is 0 Å². The fraction of sp³-hybridized carbons (Fsp3) is 0.625. The highest BCUT2D eigenvalue weighted by molar-refractivity contribution is 6.35. The summed E-state index contributed by atoms with van der Waals surface area (Å²) in [4.78, 5) is 2.52. The van der Waals surface area contributed by atoms with Crippen molar-refractivity contribution in [2.24, 2.45) is 5.92 Å². The van der Waals surface area contributed by atoms with Gasteiger partial charge in [-0.3, -0.25) is 4.90 Å². The summed E-state index contributed by atoms with van der Waals surface area (Å²) in [5.74, 6) is 0.700. The molecule has 112 valence electrons. The monoisotopic (exact) mass is 314 g/mol. The lowest BCUT2D eigenvalue weighted by Gasteiger charge is -2.40. The molecule has 0 saturated carbocycles. The molecule has 0 bridgehead atoms. The SMILES string of the molecule is CCC(C)C1CN(C(C)c2ccc(Cl)cc2Cl)CCN1. The maximum Gasteiger partial charge on any atom is 0.0468 e. The summed E-state index contributed by atoms with van der Waals surface area (Å²) in [6, 6.07) is 6.71. The Morgan fingerprint density at radius 1 is 1.35 bits per heavy atom. The zero-order valence-electron chi connectivity index (χ0n) is 12.5. The number of halogens is 2. The highest BCUT2D eigenvalue weighted by Crippen LogP contribution is 2.30. The largest absolute Gasteiger partial charge is 0.311 e. The molecular formula is C16H24Cl2N2. The first-order valence-corrected chi connectivity index (χ1v) is 8.21. The lowest BCUT2D eigenvalue weighted by Crippen LogP contribution is -2.53. The molecular weight excluding hydrogens is 291 g/mol. The van der Waals surface area contributed by atoms with Crippen LogP contribution in [0.25, 0.3) is 0 Å². The average Bonchev–Trinajstić information content (AvgIpc) is 2.46. The van der Waals surface area contributed by atoms with Gasteiger partial charge in [-0.15, -0.1) is 0 Å². The highest BCUT2D eigenvalue weighted by Gasteiger charge is 2.27. The lowest BCUT2D eigenvalue weighted by atomic mass is 9.95. The van der Waals surface area contributed by atoms with E-state index >= 15 is 0 Å². The van der Waals surface area contributed by atoms with Crippen molar-refractivity contribution in [3.05, 3.63) is 33.8 Å². The van der Waals surface area contributed by atoms with Gasteiger partial charge in [0.2, 0.25) is 0 Å². The minimum Gasteiger partial charge on any atom is -0.311 e. The predicted octanol–water partition coefficient (Wildman–Crippen LogP) is 4.37. The van der Waals surface area contributed by atoms with E-state index in [1.54, 1.807) is 0 Å². The molecule has 2 nitrogen and oxygen atoms in total. The van der Waals surface area contributed by atoms with Gasteiger partial charge in [0.05, 0.1) is 0 Å². The molecule has 1 fully saturated rings. The van der Waals surface area contributed by atoms with E-state index in [2.05, 4.69) is 37.1 Å². The Bertz CT molecular complexity index is 450. The van der Waals surface area contributed by atoms with E-state index in [9.17, 15) is 0 Å². The molecule has 20 heavy (non-hydrogen) atoms.